The average molecular weight is 235 g/mol. The summed E-state index contributed by atoms with van der Waals surface area (Å²) < 4.78 is 20.3. The fraction of sp³-hybridized carbons (Fsp3) is 1.00. The smallest absolute Gasteiger partial charge is 0.380 e. The van der Waals surface area contributed by atoms with E-state index < -0.39 is 18.3 Å². The molecular weight excluding hydrogens is 226 g/mol. The maximum atomic E-state index is 10.6. The van der Waals surface area contributed by atoms with Crippen LogP contribution in [0.4, 0.5) is 0 Å². The molecule has 72 valence electrons. The fourth-order valence-electron chi connectivity index (χ4n) is 0.957. The molecule has 4 nitrogen and oxygen atoms in total. The summed E-state index contributed by atoms with van der Waals surface area (Å²) in [6.45, 7) is 0.440. The van der Waals surface area contributed by atoms with E-state index in [0.29, 0.717) is 13.0 Å². The Bertz CT molecular complexity index is 194. The highest BCUT2D eigenvalue weighted by molar-refractivity contribution is 8.05. The van der Waals surface area contributed by atoms with E-state index in [-0.39, 0.29) is 6.61 Å². The van der Waals surface area contributed by atoms with Crippen LogP contribution in [0.15, 0.2) is 0 Å². The van der Waals surface area contributed by atoms with E-state index in [1.807, 2.05) is 0 Å². The van der Waals surface area contributed by atoms with Crippen LogP contribution in [0.1, 0.15) is 6.42 Å². The zero-order chi connectivity index (χ0) is 9.19. The second kappa shape index (κ2) is 4.27. The molecule has 0 bridgehead atoms. The van der Waals surface area contributed by atoms with E-state index in [0.717, 1.165) is 0 Å². The van der Waals surface area contributed by atoms with Crippen LogP contribution in [0.5, 0.6) is 0 Å². The van der Waals surface area contributed by atoms with Gasteiger partial charge in [0, 0.05) is 6.61 Å². The summed E-state index contributed by atoms with van der Waals surface area (Å²) in [6, 6.07) is 0. The van der Waals surface area contributed by atoms with Crippen molar-refractivity contribution >= 4 is 28.6 Å². The Hall–Kier alpha value is 0.690. The van der Waals surface area contributed by atoms with E-state index in [2.05, 4.69) is 4.52 Å². The first kappa shape index (κ1) is 10.8. The molecule has 0 aromatic heterocycles. The number of hydrogen-bond acceptors (Lipinski definition) is 4. The first-order chi connectivity index (χ1) is 5.49. The zero-order valence-corrected chi connectivity index (χ0v) is 8.56. The topological polar surface area (TPSA) is 55.8 Å². The number of halogens is 2. The van der Waals surface area contributed by atoms with Crippen molar-refractivity contribution in [3.8, 4) is 0 Å². The molecule has 12 heavy (non-hydrogen) atoms. The van der Waals surface area contributed by atoms with Crippen LogP contribution in [0, 0.1) is 0 Å². The Morgan fingerprint density at radius 2 is 2.33 bits per heavy atom. The van der Waals surface area contributed by atoms with Gasteiger partial charge in [-0.2, -0.15) is 0 Å². The molecular formula is C5H9Cl2O4P. The molecule has 0 spiro atoms. The SMILES string of the molecule is O=P(Cl)(Cl)OC[C@H]1OCC[C@@H]1O. The summed E-state index contributed by atoms with van der Waals surface area (Å²) in [5.74, 6) is 0. The van der Waals surface area contributed by atoms with E-state index in [1.54, 1.807) is 0 Å². The molecule has 1 fully saturated rings. The average Bonchev–Trinajstić information content (AvgIpc) is 2.29. The fourth-order valence-corrected chi connectivity index (χ4v) is 1.62. The molecule has 7 heteroatoms. The lowest BCUT2D eigenvalue weighted by atomic mass is 10.2. The molecule has 0 aliphatic carbocycles. The van der Waals surface area contributed by atoms with Gasteiger partial charge >= 0.3 is 6.07 Å². The van der Waals surface area contributed by atoms with Gasteiger partial charge in [-0.15, -0.1) is 0 Å². The van der Waals surface area contributed by atoms with Crippen molar-refractivity contribution in [3.05, 3.63) is 0 Å². The van der Waals surface area contributed by atoms with Crippen molar-refractivity contribution in [3.63, 3.8) is 0 Å². The molecule has 1 heterocycles. The largest absolute Gasteiger partial charge is 0.390 e. The van der Waals surface area contributed by atoms with Crippen molar-refractivity contribution in [2.45, 2.75) is 18.6 Å². The third kappa shape index (κ3) is 3.60. The number of aliphatic hydroxyl groups is 1. The molecule has 0 aromatic carbocycles. The van der Waals surface area contributed by atoms with Crippen molar-refractivity contribution < 1.29 is 18.9 Å². The number of ether oxygens (including phenoxy) is 1. The molecule has 1 N–H and O–H groups in total. The number of hydrogen-bond donors (Lipinski definition) is 1. The summed E-state index contributed by atoms with van der Waals surface area (Å²) in [7, 11) is 0. The molecule has 0 unspecified atom stereocenters. The van der Waals surface area contributed by atoms with E-state index in [9.17, 15) is 9.67 Å². The van der Waals surface area contributed by atoms with Gasteiger partial charge in [0.05, 0.1) is 12.7 Å². The highest BCUT2D eigenvalue weighted by atomic mass is 35.9. The van der Waals surface area contributed by atoms with Gasteiger partial charge in [0.1, 0.15) is 6.10 Å². The third-order valence-electron chi connectivity index (χ3n) is 1.56. The summed E-state index contributed by atoms with van der Waals surface area (Å²) in [6.07, 6.45) is -3.97. The van der Waals surface area contributed by atoms with Crippen LogP contribution in [0.3, 0.4) is 0 Å². The van der Waals surface area contributed by atoms with Gasteiger partial charge in [-0.3, -0.25) is 4.57 Å². The Morgan fingerprint density at radius 1 is 1.67 bits per heavy atom. The third-order valence-corrected chi connectivity index (χ3v) is 2.60. The molecule has 1 rings (SSSR count). The summed E-state index contributed by atoms with van der Waals surface area (Å²) >= 11 is 10.2. The van der Waals surface area contributed by atoms with Gasteiger partial charge < -0.3 is 14.4 Å². The minimum atomic E-state index is -3.49. The Balaban J connectivity index is 2.27. The van der Waals surface area contributed by atoms with E-state index in [1.165, 1.54) is 0 Å². The Morgan fingerprint density at radius 3 is 2.75 bits per heavy atom. The first-order valence-corrected chi connectivity index (χ1v) is 6.86. The number of aliphatic hydroxyl groups excluding tert-OH is 1. The van der Waals surface area contributed by atoms with Crippen LogP contribution in [-0.2, 0) is 13.8 Å². The van der Waals surface area contributed by atoms with E-state index in [4.69, 9.17) is 27.2 Å². The maximum absolute atomic E-state index is 10.6. The molecule has 1 aliphatic heterocycles. The van der Waals surface area contributed by atoms with Crippen LogP contribution in [0.25, 0.3) is 0 Å². The summed E-state index contributed by atoms with van der Waals surface area (Å²) in [4.78, 5) is 0. The lowest BCUT2D eigenvalue weighted by Gasteiger charge is -2.13. The Labute approximate surface area is 79.8 Å². The second-order valence-electron chi connectivity index (χ2n) is 2.48. The summed E-state index contributed by atoms with van der Waals surface area (Å²) in [5, 5.41) is 9.20. The van der Waals surface area contributed by atoms with Gasteiger partial charge in [0.25, 0.3) is 0 Å². The molecule has 2 atom stereocenters. The minimum Gasteiger partial charge on any atom is -0.390 e. The number of rotatable bonds is 3. The monoisotopic (exact) mass is 234 g/mol. The molecule has 0 radical (unpaired) electrons. The molecule has 1 aliphatic rings. The van der Waals surface area contributed by atoms with Crippen LogP contribution >= 0.6 is 28.6 Å². The van der Waals surface area contributed by atoms with Gasteiger partial charge in [-0.1, -0.05) is 0 Å². The van der Waals surface area contributed by atoms with Crippen molar-refractivity contribution in [2.75, 3.05) is 13.2 Å². The van der Waals surface area contributed by atoms with Gasteiger partial charge in [0.2, 0.25) is 0 Å². The minimum absolute atomic E-state index is 0.0363. The highest BCUT2D eigenvalue weighted by Crippen LogP contribution is 2.57. The van der Waals surface area contributed by atoms with Gasteiger partial charge in [0.15, 0.2) is 0 Å². The van der Waals surface area contributed by atoms with Crippen LogP contribution in [0.2, 0.25) is 0 Å². The van der Waals surface area contributed by atoms with Crippen molar-refractivity contribution in [1.29, 1.82) is 0 Å². The predicted octanol–water partition coefficient (Wildman–Crippen LogP) is 1.74. The molecule has 0 amide bonds. The Kier molecular flexibility index (Phi) is 3.83. The molecule has 0 aromatic rings. The van der Waals surface area contributed by atoms with Crippen LogP contribution < -0.4 is 0 Å². The predicted molar refractivity (Wildman–Crippen MR) is 45.6 cm³/mol. The maximum Gasteiger partial charge on any atom is 0.380 e. The summed E-state index contributed by atoms with van der Waals surface area (Å²) in [5.41, 5.74) is 0. The first-order valence-electron chi connectivity index (χ1n) is 3.42. The van der Waals surface area contributed by atoms with Crippen molar-refractivity contribution in [1.82, 2.24) is 0 Å². The second-order valence-corrected chi connectivity index (χ2v) is 6.75. The quantitative estimate of drug-likeness (QED) is 0.757. The molecule has 0 saturated carbocycles. The normalized spacial score (nSPS) is 30.9. The highest BCUT2D eigenvalue weighted by Gasteiger charge is 2.28. The van der Waals surface area contributed by atoms with Gasteiger partial charge in [-0.05, 0) is 28.9 Å². The zero-order valence-electron chi connectivity index (χ0n) is 6.15. The lowest BCUT2D eigenvalue weighted by molar-refractivity contribution is 0.0131. The van der Waals surface area contributed by atoms with Gasteiger partial charge in [-0.25, -0.2) is 0 Å². The van der Waals surface area contributed by atoms with E-state index >= 15 is 0 Å². The van der Waals surface area contributed by atoms with Crippen LogP contribution in [-0.4, -0.2) is 30.5 Å². The standard InChI is InChI=1S/C5H9Cl2O4P/c6-12(7,9)11-3-5-4(8)1-2-10-5/h4-5,8H,1-3H2/t4-,5+/m0/s1. The van der Waals surface area contributed by atoms with Crippen molar-refractivity contribution in [2.24, 2.45) is 0 Å². The molecule has 1 saturated heterocycles. The lowest BCUT2D eigenvalue weighted by Crippen LogP contribution is -2.25.